The Morgan fingerprint density at radius 1 is 1.21 bits per heavy atom. The Hall–Kier alpha value is -2.86. The molecular formula is C23H28N4O2. The monoisotopic (exact) mass is 392 g/mol. The molecule has 0 saturated carbocycles. The first-order chi connectivity index (χ1) is 14.1. The number of likely N-dealkylation sites (tertiary alicyclic amines) is 1. The van der Waals surface area contributed by atoms with E-state index in [2.05, 4.69) is 46.4 Å². The lowest BCUT2D eigenvalue weighted by Crippen LogP contribution is -2.43. The molecule has 1 aliphatic heterocycles. The van der Waals surface area contributed by atoms with Crippen LogP contribution < -0.4 is 11.0 Å². The molecule has 1 aromatic heterocycles. The molecule has 6 nitrogen and oxygen atoms in total. The molecular weight excluding hydrogens is 364 g/mol. The quantitative estimate of drug-likeness (QED) is 0.608. The van der Waals surface area contributed by atoms with Crippen LogP contribution in [0.3, 0.4) is 0 Å². The predicted octanol–water partition coefficient (Wildman–Crippen LogP) is 2.81. The number of nitrogens with one attached hydrogen (secondary N) is 2. The second-order valence-corrected chi connectivity index (χ2v) is 7.86. The van der Waals surface area contributed by atoms with E-state index in [9.17, 15) is 9.59 Å². The summed E-state index contributed by atoms with van der Waals surface area (Å²) >= 11 is 0. The number of rotatable bonds is 7. The summed E-state index contributed by atoms with van der Waals surface area (Å²) < 4.78 is 1.74. The number of hydrogen-bond acceptors (Lipinski definition) is 3. The number of fused-ring (bicyclic) bond motifs is 1. The number of para-hydroxylation sites is 2. The van der Waals surface area contributed by atoms with Crippen molar-refractivity contribution in [2.24, 2.45) is 0 Å². The molecule has 6 heteroatoms. The van der Waals surface area contributed by atoms with Crippen LogP contribution in [-0.4, -0.2) is 39.5 Å². The van der Waals surface area contributed by atoms with E-state index in [1.165, 1.54) is 11.1 Å². The predicted molar refractivity (Wildman–Crippen MR) is 115 cm³/mol. The van der Waals surface area contributed by atoms with E-state index in [1.807, 2.05) is 24.3 Å². The first-order valence-electron chi connectivity index (χ1n) is 10.4. The maximum Gasteiger partial charge on any atom is 0.326 e. The molecule has 0 bridgehead atoms. The lowest BCUT2D eigenvalue weighted by Gasteiger charge is -2.24. The van der Waals surface area contributed by atoms with Crippen molar-refractivity contribution in [1.29, 1.82) is 0 Å². The Kier molecular flexibility index (Phi) is 5.81. The van der Waals surface area contributed by atoms with E-state index < -0.39 is 0 Å². The third-order valence-corrected chi connectivity index (χ3v) is 5.67. The summed E-state index contributed by atoms with van der Waals surface area (Å²) in [6.45, 7) is 5.01. The normalized spacial score (nSPS) is 17.1. The molecule has 1 aliphatic rings. The molecule has 1 unspecified atom stereocenters. The molecule has 0 aliphatic carbocycles. The number of benzene rings is 2. The van der Waals surface area contributed by atoms with Gasteiger partial charge in [-0.3, -0.25) is 14.3 Å². The van der Waals surface area contributed by atoms with Gasteiger partial charge in [0, 0.05) is 19.6 Å². The molecule has 29 heavy (non-hydrogen) atoms. The van der Waals surface area contributed by atoms with Crippen LogP contribution in [0.2, 0.25) is 0 Å². The van der Waals surface area contributed by atoms with Gasteiger partial charge in [0.05, 0.1) is 17.1 Å². The zero-order valence-corrected chi connectivity index (χ0v) is 16.9. The number of imidazole rings is 1. The molecule has 3 aromatic rings. The van der Waals surface area contributed by atoms with Crippen molar-refractivity contribution in [3.8, 4) is 0 Å². The fourth-order valence-corrected chi connectivity index (χ4v) is 4.25. The van der Waals surface area contributed by atoms with Crippen LogP contribution >= 0.6 is 0 Å². The Bertz CT molecular complexity index is 1050. The van der Waals surface area contributed by atoms with E-state index in [1.54, 1.807) is 4.57 Å². The summed E-state index contributed by atoms with van der Waals surface area (Å²) in [5, 5.41) is 3.08. The van der Waals surface area contributed by atoms with Gasteiger partial charge in [0.15, 0.2) is 0 Å². The SMILES string of the molecule is Cc1cccc(CN2CCCC2C(=O)NCCCn2c(=O)[nH]c3ccccc32)c1. The van der Waals surface area contributed by atoms with Crippen molar-refractivity contribution in [2.75, 3.05) is 13.1 Å². The Morgan fingerprint density at radius 3 is 2.93 bits per heavy atom. The highest BCUT2D eigenvalue weighted by atomic mass is 16.2. The largest absolute Gasteiger partial charge is 0.355 e. The lowest BCUT2D eigenvalue weighted by molar-refractivity contribution is -0.125. The Morgan fingerprint density at radius 2 is 2.07 bits per heavy atom. The smallest absolute Gasteiger partial charge is 0.326 e. The lowest BCUT2D eigenvalue weighted by atomic mass is 10.1. The van der Waals surface area contributed by atoms with Gasteiger partial charge < -0.3 is 10.3 Å². The highest BCUT2D eigenvalue weighted by molar-refractivity contribution is 5.82. The van der Waals surface area contributed by atoms with Crippen molar-refractivity contribution in [2.45, 2.75) is 45.3 Å². The first-order valence-corrected chi connectivity index (χ1v) is 10.4. The second-order valence-electron chi connectivity index (χ2n) is 7.86. The van der Waals surface area contributed by atoms with Crippen LogP contribution in [0, 0.1) is 6.92 Å². The van der Waals surface area contributed by atoms with Gasteiger partial charge >= 0.3 is 5.69 Å². The first kappa shape index (κ1) is 19.5. The van der Waals surface area contributed by atoms with Gasteiger partial charge in [0.25, 0.3) is 0 Å². The number of aryl methyl sites for hydroxylation is 2. The van der Waals surface area contributed by atoms with E-state index in [0.29, 0.717) is 13.1 Å². The fraction of sp³-hybridized carbons (Fsp3) is 0.391. The number of nitrogens with zero attached hydrogens (tertiary/aromatic N) is 2. The Balaban J connectivity index is 1.30. The number of aromatic nitrogens is 2. The van der Waals surface area contributed by atoms with Gasteiger partial charge in [0.1, 0.15) is 0 Å². The number of carbonyl (C=O) groups is 1. The van der Waals surface area contributed by atoms with E-state index in [-0.39, 0.29) is 17.6 Å². The number of carbonyl (C=O) groups excluding carboxylic acids is 1. The molecule has 0 radical (unpaired) electrons. The number of hydrogen-bond donors (Lipinski definition) is 2. The Labute approximate surface area is 170 Å². The van der Waals surface area contributed by atoms with Gasteiger partial charge in [-0.2, -0.15) is 0 Å². The topological polar surface area (TPSA) is 70.1 Å². The summed E-state index contributed by atoms with van der Waals surface area (Å²) in [5.74, 6) is 0.0985. The van der Waals surface area contributed by atoms with Crippen LogP contribution in [0.25, 0.3) is 11.0 Å². The number of H-pyrrole nitrogens is 1. The van der Waals surface area contributed by atoms with Crippen molar-refractivity contribution >= 4 is 16.9 Å². The van der Waals surface area contributed by atoms with Crippen LogP contribution in [0.15, 0.2) is 53.3 Å². The maximum absolute atomic E-state index is 12.7. The zero-order chi connectivity index (χ0) is 20.2. The second kappa shape index (κ2) is 8.66. The van der Waals surface area contributed by atoms with Crippen molar-refractivity contribution in [1.82, 2.24) is 19.8 Å². The maximum atomic E-state index is 12.7. The number of amides is 1. The average molecular weight is 393 g/mol. The molecule has 2 heterocycles. The fourth-order valence-electron chi connectivity index (χ4n) is 4.25. The standard InChI is InChI=1S/C23H28N4O2/c1-17-7-4-8-18(15-17)16-26-13-5-11-21(26)22(28)24-12-6-14-27-20-10-3-2-9-19(20)25-23(27)29/h2-4,7-10,15,21H,5-6,11-14,16H2,1H3,(H,24,28)(H,25,29). The van der Waals surface area contributed by atoms with Crippen LogP contribution in [0.4, 0.5) is 0 Å². The highest BCUT2D eigenvalue weighted by Crippen LogP contribution is 2.20. The minimum Gasteiger partial charge on any atom is -0.355 e. The van der Waals surface area contributed by atoms with Gasteiger partial charge in [-0.25, -0.2) is 4.79 Å². The third-order valence-electron chi connectivity index (χ3n) is 5.67. The molecule has 1 fully saturated rings. The van der Waals surface area contributed by atoms with E-state index in [4.69, 9.17) is 0 Å². The average Bonchev–Trinajstić information content (AvgIpc) is 3.29. The zero-order valence-electron chi connectivity index (χ0n) is 16.9. The van der Waals surface area contributed by atoms with Crippen LogP contribution in [-0.2, 0) is 17.9 Å². The van der Waals surface area contributed by atoms with Gasteiger partial charge in [-0.15, -0.1) is 0 Å². The van der Waals surface area contributed by atoms with E-state index in [0.717, 1.165) is 43.4 Å². The van der Waals surface area contributed by atoms with Crippen molar-refractivity contribution < 1.29 is 4.79 Å². The molecule has 4 rings (SSSR count). The summed E-state index contributed by atoms with van der Waals surface area (Å²) in [6, 6.07) is 16.1. The van der Waals surface area contributed by atoms with Crippen molar-refractivity contribution in [3.63, 3.8) is 0 Å². The van der Waals surface area contributed by atoms with Crippen molar-refractivity contribution in [3.05, 3.63) is 70.1 Å². The number of aromatic amines is 1. The van der Waals surface area contributed by atoms with E-state index >= 15 is 0 Å². The molecule has 0 spiro atoms. The highest BCUT2D eigenvalue weighted by Gasteiger charge is 2.30. The minimum absolute atomic E-state index is 0.0636. The van der Waals surface area contributed by atoms with Gasteiger partial charge in [-0.05, 0) is 50.4 Å². The molecule has 1 amide bonds. The minimum atomic E-state index is -0.0994. The van der Waals surface area contributed by atoms with Gasteiger partial charge in [0.2, 0.25) is 5.91 Å². The van der Waals surface area contributed by atoms with Crippen LogP contribution in [0.5, 0.6) is 0 Å². The molecule has 152 valence electrons. The summed E-state index contributed by atoms with van der Waals surface area (Å²) in [4.78, 5) is 30.0. The van der Waals surface area contributed by atoms with Crippen LogP contribution in [0.1, 0.15) is 30.4 Å². The van der Waals surface area contributed by atoms with Gasteiger partial charge in [-0.1, -0.05) is 42.0 Å². The molecule has 2 aromatic carbocycles. The summed E-state index contributed by atoms with van der Waals surface area (Å²) in [6.07, 6.45) is 2.67. The molecule has 2 N–H and O–H groups in total. The third kappa shape index (κ3) is 4.43. The summed E-state index contributed by atoms with van der Waals surface area (Å²) in [7, 11) is 0. The molecule has 1 saturated heterocycles. The summed E-state index contributed by atoms with van der Waals surface area (Å²) in [5.41, 5.74) is 4.15. The molecule has 1 atom stereocenters.